The highest BCUT2D eigenvalue weighted by Crippen LogP contribution is 2.38. The first-order chi connectivity index (χ1) is 15.3. The van der Waals surface area contributed by atoms with E-state index in [1.807, 2.05) is 97.1 Å². The fourth-order valence-electron chi connectivity index (χ4n) is 3.50. The molecule has 0 saturated heterocycles. The lowest BCUT2D eigenvalue weighted by Crippen LogP contribution is -1.77. The predicted octanol–water partition coefficient (Wildman–Crippen LogP) is 8.53. The summed E-state index contributed by atoms with van der Waals surface area (Å²) in [6.07, 6.45) is 0. The van der Waals surface area contributed by atoms with Gasteiger partial charge in [-0.15, -0.1) is 15.3 Å². The van der Waals surface area contributed by atoms with Crippen molar-refractivity contribution in [2.24, 2.45) is 20.5 Å². The van der Waals surface area contributed by atoms with E-state index >= 15 is 0 Å². The van der Waals surface area contributed by atoms with E-state index in [4.69, 9.17) is 0 Å². The number of azo groups is 2. The lowest BCUT2D eigenvalue weighted by Gasteiger charge is -2.06. The average molecular weight is 402 g/mol. The van der Waals surface area contributed by atoms with Crippen LogP contribution in [0.4, 0.5) is 22.7 Å². The number of hydrogen-bond donors (Lipinski definition) is 1. The molecule has 0 fully saturated rings. The van der Waals surface area contributed by atoms with Gasteiger partial charge in [0.1, 0.15) is 11.4 Å². The molecule has 0 saturated carbocycles. The fraction of sp³-hybridized carbons (Fsp3) is 0. The van der Waals surface area contributed by atoms with Gasteiger partial charge in [0, 0.05) is 16.2 Å². The molecule has 0 aliphatic rings. The predicted molar refractivity (Wildman–Crippen MR) is 124 cm³/mol. The minimum absolute atomic E-state index is 0.0973. The van der Waals surface area contributed by atoms with Crippen molar-refractivity contribution in [3.05, 3.63) is 103 Å². The van der Waals surface area contributed by atoms with E-state index in [2.05, 4.69) is 20.5 Å². The third-order valence-electron chi connectivity index (χ3n) is 5.04. The Morgan fingerprint density at radius 2 is 1.03 bits per heavy atom. The first kappa shape index (κ1) is 18.6. The summed E-state index contributed by atoms with van der Waals surface area (Å²) < 4.78 is 0. The van der Waals surface area contributed by atoms with E-state index in [-0.39, 0.29) is 5.75 Å². The SMILES string of the molecule is Oc1ccc2ccccc2c1N=Nc1ccc(N=Nc2ccccc2)c2ccccc12. The van der Waals surface area contributed by atoms with Crippen LogP contribution < -0.4 is 0 Å². The molecule has 5 nitrogen and oxygen atoms in total. The molecule has 0 unspecified atom stereocenters. The first-order valence-corrected chi connectivity index (χ1v) is 9.90. The van der Waals surface area contributed by atoms with Crippen LogP contribution in [-0.4, -0.2) is 5.11 Å². The minimum Gasteiger partial charge on any atom is -0.506 e. The molecule has 0 atom stereocenters. The summed E-state index contributed by atoms with van der Waals surface area (Å²) in [5.41, 5.74) is 2.70. The van der Waals surface area contributed by atoms with Crippen molar-refractivity contribution in [2.45, 2.75) is 0 Å². The number of nitrogens with zero attached hydrogens (tertiary/aromatic N) is 4. The minimum atomic E-state index is 0.0973. The molecule has 0 heterocycles. The molecule has 5 rings (SSSR count). The fourth-order valence-corrected chi connectivity index (χ4v) is 3.50. The van der Waals surface area contributed by atoms with Gasteiger partial charge in [0.25, 0.3) is 0 Å². The summed E-state index contributed by atoms with van der Waals surface area (Å²) in [5.74, 6) is 0.0973. The molecule has 0 aromatic heterocycles. The van der Waals surface area contributed by atoms with Gasteiger partial charge >= 0.3 is 0 Å². The van der Waals surface area contributed by atoms with Crippen molar-refractivity contribution in [1.29, 1.82) is 0 Å². The Balaban J connectivity index is 1.57. The summed E-state index contributed by atoms with van der Waals surface area (Å²) in [7, 11) is 0. The number of hydrogen-bond acceptors (Lipinski definition) is 5. The Kier molecular flexibility index (Phi) is 4.91. The van der Waals surface area contributed by atoms with Gasteiger partial charge in [0.05, 0.1) is 17.1 Å². The number of benzene rings is 5. The Morgan fingerprint density at radius 1 is 0.452 bits per heavy atom. The third kappa shape index (κ3) is 3.76. The van der Waals surface area contributed by atoms with Crippen LogP contribution in [0.3, 0.4) is 0 Å². The largest absolute Gasteiger partial charge is 0.506 e. The van der Waals surface area contributed by atoms with Gasteiger partial charge in [-0.2, -0.15) is 5.11 Å². The molecule has 5 aromatic carbocycles. The Morgan fingerprint density at radius 3 is 1.74 bits per heavy atom. The maximum Gasteiger partial charge on any atom is 0.143 e. The second-order valence-corrected chi connectivity index (χ2v) is 7.04. The van der Waals surface area contributed by atoms with Crippen LogP contribution in [0.15, 0.2) is 124 Å². The maximum absolute atomic E-state index is 10.3. The van der Waals surface area contributed by atoms with E-state index in [1.54, 1.807) is 6.07 Å². The topological polar surface area (TPSA) is 69.7 Å². The summed E-state index contributed by atoms with van der Waals surface area (Å²) in [6, 6.07) is 32.5. The third-order valence-corrected chi connectivity index (χ3v) is 5.04. The summed E-state index contributed by atoms with van der Waals surface area (Å²) in [5, 5.41) is 31.7. The zero-order valence-corrected chi connectivity index (χ0v) is 16.6. The van der Waals surface area contributed by atoms with Crippen molar-refractivity contribution < 1.29 is 5.11 Å². The van der Waals surface area contributed by atoms with Crippen LogP contribution >= 0.6 is 0 Å². The summed E-state index contributed by atoms with van der Waals surface area (Å²) in [6.45, 7) is 0. The molecule has 1 N–H and O–H groups in total. The normalized spacial score (nSPS) is 11.7. The van der Waals surface area contributed by atoms with Gasteiger partial charge in [-0.25, -0.2) is 0 Å². The number of phenols is 1. The molecular weight excluding hydrogens is 384 g/mol. The lowest BCUT2D eigenvalue weighted by molar-refractivity contribution is 0.477. The van der Waals surface area contributed by atoms with Gasteiger partial charge in [0.15, 0.2) is 0 Å². The summed E-state index contributed by atoms with van der Waals surface area (Å²) >= 11 is 0. The smallest absolute Gasteiger partial charge is 0.143 e. The zero-order valence-electron chi connectivity index (χ0n) is 16.6. The van der Waals surface area contributed by atoms with Crippen LogP contribution in [0.1, 0.15) is 0 Å². The quantitative estimate of drug-likeness (QED) is 0.301. The monoisotopic (exact) mass is 402 g/mol. The van der Waals surface area contributed by atoms with Crippen LogP contribution in [0, 0.1) is 0 Å². The Labute approximate surface area is 179 Å². The number of rotatable bonds is 4. The van der Waals surface area contributed by atoms with E-state index in [9.17, 15) is 5.11 Å². The van der Waals surface area contributed by atoms with Crippen molar-refractivity contribution in [3.63, 3.8) is 0 Å². The first-order valence-electron chi connectivity index (χ1n) is 9.90. The van der Waals surface area contributed by atoms with E-state index in [0.717, 1.165) is 32.9 Å². The highest BCUT2D eigenvalue weighted by molar-refractivity contribution is 6.00. The number of aromatic hydroxyl groups is 1. The van der Waals surface area contributed by atoms with Crippen molar-refractivity contribution in [2.75, 3.05) is 0 Å². The van der Waals surface area contributed by atoms with Crippen molar-refractivity contribution >= 4 is 44.3 Å². The van der Waals surface area contributed by atoms with Gasteiger partial charge < -0.3 is 5.11 Å². The van der Waals surface area contributed by atoms with Gasteiger partial charge in [0.2, 0.25) is 0 Å². The summed E-state index contributed by atoms with van der Waals surface area (Å²) in [4.78, 5) is 0. The maximum atomic E-state index is 10.3. The molecule has 0 bridgehead atoms. The molecule has 31 heavy (non-hydrogen) atoms. The van der Waals surface area contributed by atoms with Crippen LogP contribution in [0.25, 0.3) is 21.5 Å². The molecule has 0 spiro atoms. The number of fused-ring (bicyclic) bond motifs is 2. The van der Waals surface area contributed by atoms with E-state index < -0.39 is 0 Å². The molecule has 148 valence electrons. The highest BCUT2D eigenvalue weighted by Gasteiger charge is 2.08. The highest BCUT2D eigenvalue weighted by atomic mass is 16.3. The Bertz CT molecular complexity index is 1440. The molecule has 5 aromatic rings. The van der Waals surface area contributed by atoms with Crippen molar-refractivity contribution in [1.82, 2.24) is 0 Å². The molecule has 0 aliphatic carbocycles. The van der Waals surface area contributed by atoms with Gasteiger partial charge in [-0.3, -0.25) is 0 Å². The molecule has 0 radical (unpaired) electrons. The zero-order chi connectivity index (χ0) is 21.0. The lowest BCUT2D eigenvalue weighted by atomic mass is 10.1. The van der Waals surface area contributed by atoms with Crippen molar-refractivity contribution in [3.8, 4) is 5.75 Å². The molecule has 0 amide bonds. The average Bonchev–Trinajstić information content (AvgIpc) is 2.83. The molecule has 5 heteroatoms. The molecular formula is C26H18N4O. The van der Waals surface area contributed by atoms with Crippen LogP contribution in [0.2, 0.25) is 0 Å². The second-order valence-electron chi connectivity index (χ2n) is 7.04. The Hall–Kier alpha value is -4.38. The van der Waals surface area contributed by atoms with Gasteiger partial charge in [-0.1, -0.05) is 72.8 Å². The number of phenolic OH excluding ortho intramolecular Hbond substituents is 1. The van der Waals surface area contributed by atoms with E-state index in [0.29, 0.717) is 11.4 Å². The molecule has 0 aliphatic heterocycles. The van der Waals surface area contributed by atoms with Crippen LogP contribution in [-0.2, 0) is 0 Å². The second kappa shape index (κ2) is 8.16. The van der Waals surface area contributed by atoms with Gasteiger partial charge in [-0.05, 0) is 35.7 Å². The van der Waals surface area contributed by atoms with E-state index in [1.165, 1.54) is 0 Å². The standard InChI is InChI=1S/C26H18N4O/c31-25-17-14-18-8-4-5-11-20(18)26(25)30-29-24-16-15-23(21-12-6-7-13-22(21)24)28-27-19-9-2-1-3-10-19/h1-17,31H. The van der Waals surface area contributed by atoms with Crippen LogP contribution in [0.5, 0.6) is 5.75 Å².